The van der Waals surface area contributed by atoms with E-state index in [4.69, 9.17) is 9.47 Å². The van der Waals surface area contributed by atoms with Crippen LogP contribution < -0.4 is 20.1 Å². The number of amides is 2. The van der Waals surface area contributed by atoms with Crippen LogP contribution in [0.2, 0.25) is 0 Å². The molecule has 2 N–H and O–H groups in total. The highest BCUT2D eigenvalue weighted by atomic mass is 19.2. The molecule has 3 aromatic rings. The molecule has 0 fully saturated rings. The van der Waals surface area contributed by atoms with Crippen LogP contribution >= 0.6 is 0 Å². The molecule has 8 heteroatoms. The molecule has 1 aliphatic rings. The molecule has 3 aromatic carbocycles. The van der Waals surface area contributed by atoms with Crippen LogP contribution in [0.15, 0.2) is 60.7 Å². The van der Waals surface area contributed by atoms with Gasteiger partial charge < -0.3 is 20.1 Å². The summed E-state index contributed by atoms with van der Waals surface area (Å²) in [6, 6.07) is 14.9. The first kappa shape index (κ1) is 19.4. The van der Waals surface area contributed by atoms with Gasteiger partial charge in [-0.25, -0.2) is 8.78 Å². The lowest BCUT2D eigenvalue weighted by Crippen LogP contribution is -2.25. The van der Waals surface area contributed by atoms with Crippen molar-refractivity contribution < 1.29 is 27.8 Å². The summed E-state index contributed by atoms with van der Waals surface area (Å²) in [5, 5.41) is 5.22. The van der Waals surface area contributed by atoms with Gasteiger partial charge in [0.2, 0.25) is 6.79 Å². The Balaban J connectivity index is 1.48. The van der Waals surface area contributed by atoms with Crippen LogP contribution in [-0.2, 0) is 6.54 Å². The first-order valence-corrected chi connectivity index (χ1v) is 9.04. The summed E-state index contributed by atoms with van der Waals surface area (Å²) < 4.78 is 37.8. The van der Waals surface area contributed by atoms with Gasteiger partial charge in [-0.3, -0.25) is 9.59 Å². The molecule has 0 saturated carbocycles. The van der Waals surface area contributed by atoms with Gasteiger partial charge in [-0.05, 0) is 42.0 Å². The number of para-hydroxylation sites is 1. The van der Waals surface area contributed by atoms with Crippen LogP contribution in [0.3, 0.4) is 0 Å². The number of anilines is 1. The predicted octanol–water partition coefficient (Wildman–Crippen LogP) is 3.88. The molecule has 0 radical (unpaired) electrons. The molecular formula is C22H16F2N2O4. The highest BCUT2D eigenvalue weighted by Crippen LogP contribution is 2.32. The van der Waals surface area contributed by atoms with E-state index in [1.807, 2.05) is 0 Å². The third kappa shape index (κ3) is 3.93. The zero-order chi connectivity index (χ0) is 21.1. The lowest BCUT2D eigenvalue weighted by atomic mass is 10.1. The van der Waals surface area contributed by atoms with E-state index in [-0.39, 0.29) is 24.6 Å². The summed E-state index contributed by atoms with van der Waals surface area (Å²) in [7, 11) is 0. The van der Waals surface area contributed by atoms with Gasteiger partial charge in [-0.1, -0.05) is 24.3 Å². The lowest BCUT2D eigenvalue weighted by molar-refractivity contribution is 0.0951. The summed E-state index contributed by atoms with van der Waals surface area (Å²) in [5.41, 5.74) is 0.708. The Hall–Kier alpha value is -3.94. The van der Waals surface area contributed by atoms with Crippen molar-refractivity contribution in [3.63, 3.8) is 0 Å². The van der Waals surface area contributed by atoms with Gasteiger partial charge in [-0.15, -0.1) is 0 Å². The summed E-state index contributed by atoms with van der Waals surface area (Å²) >= 11 is 0. The number of benzene rings is 3. The highest BCUT2D eigenvalue weighted by molar-refractivity contribution is 6.09. The summed E-state index contributed by atoms with van der Waals surface area (Å²) in [6.45, 7) is 0.375. The van der Waals surface area contributed by atoms with Gasteiger partial charge in [0.15, 0.2) is 23.1 Å². The fraction of sp³-hybridized carbons (Fsp3) is 0.0909. The lowest BCUT2D eigenvalue weighted by Gasteiger charge is -2.12. The van der Waals surface area contributed by atoms with E-state index in [0.29, 0.717) is 11.5 Å². The minimum absolute atomic E-state index is 0.157. The Morgan fingerprint density at radius 2 is 1.63 bits per heavy atom. The Bertz CT molecular complexity index is 1130. The molecule has 0 bridgehead atoms. The fourth-order valence-corrected chi connectivity index (χ4v) is 2.99. The molecule has 0 atom stereocenters. The van der Waals surface area contributed by atoms with Gasteiger partial charge in [0, 0.05) is 6.54 Å². The number of ether oxygens (including phenoxy) is 2. The van der Waals surface area contributed by atoms with Crippen LogP contribution in [-0.4, -0.2) is 18.6 Å². The van der Waals surface area contributed by atoms with Crippen molar-refractivity contribution >= 4 is 17.5 Å². The molecule has 152 valence electrons. The van der Waals surface area contributed by atoms with Crippen LogP contribution in [0.5, 0.6) is 11.5 Å². The maximum Gasteiger partial charge on any atom is 0.258 e. The first-order valence-electron chi connectivity index (χ1n) is 9.04. The number of hydrogen-bond acceptors (Lipinski definition) is 4. The third-order valence-corrected chi connectivity index (χ3v) is 4.51. The topological polar surface area (TPSA) is 76.7 Å². The van der Waals surface area contributed by atoms with Crippen molar-refractivity contribution in [1.29, 1.82) is 0 Å². The molecular weight excluding hydrogens is 394 g/mol. The molecule has 2 amide bonds. The van der Waals surface area contributed by atoms with Gasteiger partial charge >= 0.3 is 0 Å². The molecule has 0 unspecified atom stereocenters. The van der Waals surface area contributed by atoms with Crippen LogP contribution in [0.25, 0.3) is 0 Å². The van der Waals surface area contributed by atoms with Crippen molar-refractivity contribution in [2.24, 2.45) is 0 Å². The zero-order valence-electron chi connectivity index (χ0n) is 15.6. The molecule has 4 rings (SSSR count). The maximum absolute atomic E-state index is 13.9. The fourth-order valence-electron chi connectivity index (χ4n) is 2.99. The van der Waals surface area contributed by atoms with Crippen molar-refractivity contribution in [2.45, 2.75) is 6.54 Å². The minimum atomic E-state index is -1.25. The van der Waals surface area contributed by atoms with Gasteiger partial charge in [0.05, 0.1) is 16.8 Å². The average Bonchev–Trinajstić information content (AvgIpc) is 3.22. The van der Waals surface area contributed by atoms with Gasteiger partial charge in [0.25, 0.3) is 11.8 Å². The Labute approximate surface area is 170 Å². The molecule has 0 aliphatic carbocycles. The molecule has 0 spiro atoms. The predicted molar refractivity (Wildman–Crippen MR) is 104 cm³/mol. The number of nitrogens with one attached hydrogen (secondary N) is 2. The van der Waals surface area contributed by atoms with Crippen molar-refractivity contribution in [2.75, 3.05) is 12.1 Å². The van der Waals surface area contributed by atoms with Gasteiger partial charge in [0.1, 0.15) is 0 Å². The molecule has 30 heavy (non-hydrogen) atoms. The number of hydrogen-bond donors (Lipinski definition) is 2. The van der Waals surface area contributed by atoms with Crippen LogP contribution in [0.4, 0.5) is 14.5 Å². The largest absolute Gasteiger partial charge is 0.454 e. The normalized spacial score (nSPS) is 11.8. The van der Waals surface area contributed by atoms with E-state index in [1.165, 1.54) is 18.2 Å². The van der Waals surface area contributed by atoms with E-state index in [2.05, 4.69) is 10.6 Å². The maximum atomic E-state index is 13.9. The van der Waals surface area contributed by atoms with E-state index in [0.717, 1.165) is 17.7 Å². The number of fused-ring (bicyclic) bond motifs is 1. The second kappa shape index (κ2) is 8.20. The number of rotatable bonds is 5. The van der Waals surface area contributed by atoms with Crippen molar-refractivity contribution in [3.05, 3.63) is 89.0 Å². The second-order valence-corrected chi connectivity index (χ2v) is 6.47. The van der Waals surface area contributed by atoms with Crippen molar-refractivity contribution in [1.82, 2.24) is 5.32 Å². The Kier molecular flexibility index (Phi) is 5.30. The summed E-state index contributed by atoms with van der Waals surface area (Å²) in [4.78, 5) is 25.0. The quantitative estimate of drug-likeness (QED) is 0.670. The van der Waals surface area contributed by atoms with Crippen molar-refractivity contribution in [3.8, 4) is 11.5 Å². The smallest absolute Gasteiger partial charge is 0.258 e. The van der Waals surface area contributed by atoms with E-state index < -0.39 is 29.0 Å². The molecule has 6 nitrogen and oxygen atoms in total. The standard InChI is InChI=1S/C22H16F2N2O4/c23-16-6-3-5-15(20(16)24)22(28)26-17-7-2-1-4-14(17)21(27)25-11-13-8-9-18-19(10-13)30-12-29-18/h1-10H,11-12H2,(H,25,27)(H,26,28). The second-order valence-electron chi connectivity index (χ2n) is 6.47. The Morgan fingerprint density at radius 1 is 0.867 bits per heavy atom. The molecule has 1 heterocycles. The van der Waals surface area contributed by atoms with Gasteiger partial charge in [-0.2, -0.15) is 0 Å². The summed E-state index contributed by atoms with van der Waals surface area (Å²) in [6.07, 6.45) is 0. The Morgan fingerprint density at radius 3 is 2.50 bits per heavy atom. The monoisotopic (exact) mass is 410 g/mol. The summed E-state index contributed by atoms with van der Waals surface area (Å²) in [5.74, 6) is -2.43. The SMILES string of the molecule is O=C(NCc1ccc2c(c1)OCO2)c1ccccc1NC(=O)c1cccc(F)c1F. The molecule has 0 aromatic heterocycles. The molecule has 1 aliphatic heterocycles. The van der Waals surface area contributed by atoms with Crippen LogP contribution in [0.1, 0.15) is 26.3 Å². The van der Waals surface area contributed by atoms with E-state index in [9.17, 15) is 18.4 Å². The highest BCUT2D eigenvalue weighted by Gasteiger charge is 2.19. The number of halogens is 2. The molecule has 0 saturated heterocycles. The van der Waals surface area contributed by atoms with E-state index in [1.54, 1.807) is 30.3 Å². The average molecular weight is 410 g/mol. The van der Waals surface area contributed by atoms with E-state index >= 15 is 0 Å². The number of carbonyl (C=O) groups excluding carboxylic acids is 2. The first-order chi connectivity index (χ1) is 14.5. The van der Waals surface area contributed by atoms with Crippen LogP contribution in [0, 0.1) is 11.6 Å². The minimum Gasteiger partial charge on any atom is -0.454 e. The zero-order valence-corrected chi connectivity index (χ0v) is 15.6. The third-order valence-electron chi connectivity index (χ3n) is 4.51. The number of carbonyl (C=O) groups is 2.